The van der Waals surface area contributed by atoms with Gasteiger partial charge in [0.25, 0.3) is 5.91 Å². The molecule has 0 N–H and O–H groups in total. The smallest absolute Gasteiger partial charge is 0.320 e. The van der Waals surface area contributed by atoms with Crippen LogP contribution in [0, 0.1) is 0 Å². The van der Waals surface area contributed by atoms with E-state index < -0.39 is 0 Å². The minimum absolute atomic E-state index is 0.00135. The zero-order chi connectivity index (χ0) is 21.4. The van der Waals surface area contributed by atoms with E-state index in [1.165, 1.54) is 0 Å². The summed E-state index contributed by atoms with van der Waals surface area (Å²) in [6, 6.07) is 7.53. The van der Waals surface area contributed by atoms with Crippen molar-refractivity contribution in [1.82, 2.24) is 19.6 Å². The molecule has 1 aromatic rings. The minimum atomic E-state index is -0.205. The third-order valence-corrected chi connectivity index (χ3v) is 6.88. The number of urea groups is 1. The Kier molecular flexibility index (Phi) is 5.49. The monoisotopic (exact) mass is 430 g/mol. The lowest BCUT2D eigenvalue weighted by atomic mass is 9.82. The summed E-state index contributed by atoms with van der Waals surface area (Å²) in [5, 5.41) is 0. The first-order valence-corrected chi connectivity index (χ1v) is 11.0. The number of benzene rings is 1. The quantitative estimate of drug-likeness (QED) is 0.675. The fourth-order valence-corrected chi connectivity index (χ4v) is 5.32. The van der Waals surface area contributed by atoms with E-state index in [9.17, 15) is 9.59 Å². The van der Waals surface area contributed by atoms with E-state index in [4.69, 9.17) is 14.2 Å². The number of carbonyl (C=O) groups excluding carboxylic acids is 2. The van der Waals surface area contributed by atoms with Gasteiger partial charge in [-0.1, -0.05) is 6.07 Å². The molecule has 3 amide bonds. The first-order chi connectivity index (χ1) is 15.1. The van der Waals surface area contributed by atoms with Crippen LogP contribution in [0.5, 0.6) is 5.75 Å². The molecule has 4 aliphatic rings. The number of fused-ring (bicyclic) bond motifs is 2. The molecule has 9 heteroatoms. The standard InChI is InChI=1S/C22H30N4O5/c1-29-19-4-2-3-17(11-19)20(27)24-12-18-13-31-10-7-26(18)22(14-24)15-25(16-22)21(28)23-5-8-30-9-6-23/h2-4,11,18H,5-10,12-16H2,1H3/t18-/m1/s1. The highest BCUT2D eigenvalue weighted by atomic mass is 16.5. The maximum Gasteiger partial charge on any atom is 0.320 e. The van der Waals surface area contributed by atoms with Gasteiger partial charge >= 0.3 is 6.03 Å². The SMILES string of the molecule is COc1cccc(C(=O)N2C[C@@H]3COCCN3C3(C2)CN(C(=O)N2CCOCC2)C3)c1. The van der Waals surface area contributed by atoms with Gasteiger partial charge in [-0.2, -0.15) is 0 Å². The molecule has 0 bridgehead atoms. The molecule has 5 rings (SSSR count). The van der Waals surface area contributed by atoms with Crippen molar-refractivity contribution < 1.29 is 23.8 Å². The molecule has 1 aromatic carbocycles. The third-order valence-electron chi connectivity index (χ3n) is 6.88. The van der Waals surface area contributed by atoms with Crippen LogP contribution in [-0.4, -0.2) is 122 Å². The predicted molar refractivity (Wildman–Crippen MR) is 112 cm³/mol. The van der Waals surface area contributed by atoms with E-state index in [1.54, 1.807) is 13.2 Å². The number of nitrogens with zero attached hydrogens (tertiary/aromatic N) is 4. The number of carbonyl (C=O) groups is 2. The Morgan fingerprint density at radius 1 is 1.00 bits per heavy atom. The van der Waals surface area contributed by atoms with Gasteiger partial charge in [-0.15, -0.1) is 0 Å². The molecule has 4 fully saturated rings. The topological polar surface area (TPSA) is 74.8 Å². The van der Waals surface area contributed by atoms with Crippen LogP contribution in [0.1, 0.15) is 10.4 Å². The summed E-state index contributed by atoms with van der Waals surface area (Å²) in [4.78, 5) is 34.5. The van der Waals surface area contributed by atoms with Crippen LogP contribution in [0.4, 0.5) is 4.79 Å². The van der Waals surface area contributed by atoms with Crippen molar-refractivity contribution >= 4 is 11.9 Å². The van der Waals surface area contributed by atoms with Crippen LogP contribution in [-0.2, 0) is 9.47 Å². The van der Waals surface area contributed by atoms with E-state index in [1.807, 2.05) is 32.9 Å². The molecule has 0 aliphatic carbocycles. The molecule has 1 atom stereocenters. The van der Waals surface area contributed by atoms with E-state index in [0.29, 0.717) is 77.0 Å². The molecule has 0 saturated carbocycles. The minimum Gasteiger partial charge on any atom is -0.497 e. The highest BCUT2D eigenvalue weighted by Crippen LogP contribution is 2.37. The van der Waals surface area contributed by atoms with Gasteiger partial charge in [0.2, 0.25) is 0 Å². The highest BCUT2D eigenvalue weighted by molar-refractivity contribution is 5.95. The molecule has 4 aliphatic heterocycles. The van der Waals surface area contributed by atoms with Gasteiger partial charge in [-0.05, 0) is 18.2 Å². The fraction of sp³-hybridized carbons (Fsp3) is 0.636. The van der Waals surface area contributed by atoms with Crippen molar-refractivity contribution in [1.29, 1.82) is 0 Å². The lowest BCUT2D eigenvalue weighted by Gasteiger charge is -2.63. The number of amides is 3. The number of likely N-dealkylation sites (tertiary alicyclic amines) is 1. The van der Waals surface area contributed by atoms with Gasteiger partial charge < -0.3 is 28.9 Å². The summed E-state index contributed by atoms with van der Waals surface area (Å²) in [7, 11) is 1.60. The number of hydrogen-bond donors (Lipinski definition) is 0. The summed E-state index contributed by atoms with van der Waals surface area (Å²) in [6.07, 6.45) is 0. The Balaban J connectivity index is 1.33. The van der Waals surface area contributed by atoms with Gasteiger partial charge in [-0.25, -0.2) is 4.79 Å². The third kappa shape index (κ3) is 3.75. The van der Waals surface area contributed by atoms with Crippen molar-refractivity contribution in [3.05, 3.63) is 29.8 Å². The Hall–Kier alpha value is -2.36. The number of methoxy groups -OCH3 is 1. The fourth-order valence-electron chi connectivity index (χ4n) is 5.32. The number of rotatable bonds is 2. The van der Waals surface area contributed by atoms with E-state index in [-0.39, 0.29) is 23.5 Å². The molecule has 9 nitrogen and oxygen atoms in total. The normalized spacial score (nSPS) is 25.7. The van der Waals surface area contributed by atoms with Crippen molar-refractivity contribution in [2.45, 2.75) is 11.6 Å². The number of morpholine rings is 2. The molecule has 0 aromatic heterocycles. The second kappa shape index (κ2) is 8.29. The number of hydrogen-bond acceptors (Lipinski definition) is 6. The van der Waals surface area contributed by atoms with Crippen LogP contribution in [0.2, 0.25) is 0 Å². The zero-order valence-corrected chi connectivity index (χ0v) is 18.0. The molecule has 0 unspecified atom stereocenters. The van der Waals surface area contributed by atoms with Crippen molar-refractivity contribution in [3.63, 3.8) is 0 Å². The van der Waals surface area contributed by atoms with Gasteiger partial charge in [-0.3, -0.25) is 9.69 Å². The molecule has 4 saturated heterocycles. The van der Waals surface area contributed by atoms with Gasteiger partial charge in [0, 0.05) is 51.4 Å². The number of piperazine rings is 1. The molecule has 0 radical (unpaired) electrons. The second-order valence-electron chi connectivity index (χ2n) is 8.80. The average molecular weight is 431 g/mol. The zero-order valence-electron chi connectivity index (χ0n) is 18.0. The summed E-state index contributed by atoms with van der Waals surface area (Å²) in [5.74, 6) is 0.674. The Morgan fingerprint density at radius 2 is 1.74 bits per heavy atom. The Bertz CT molecular complexity index is 837. The van der Waals surface area contributed by atoms with Crippen LogP contribution in [0.15, 0.2) is 24.3 Å². The molecule has 31 heavy (non-hydrogen) atoms. The maximum atomic E-state index is 13.3. The van der Waals surface area contributed by atoms with Crippen molar-refractivity contribution in [3.8, 4) is 5.75 Å². The van der Waals surface area contributed by atoms with Crippen molar-refractivity contribution in [2.24, 2.45) is 0 Å². The molecule has 1 spiro atoms. The molecular weight excluding hydrogens is 400 g/mol. The first-order valence-electron chi connectivity index (χ1n) is 11.0. The molecule has 4 heterocycles. The number of ether oxygens (including phenoxy) is 3. The van der Waals surface area contributed by atoms with Crippen molar-refractivity contribution in [2.75, 3.05) is 79.4 Å². The Labute approximate surface area is 182 Å². The molecular formula is C22H30N4O5. The maximum absolute atomic E-state index is 13.3. The van der Waals surface area contributed by atoms with E-state index >= 15 is 0 Å². The summed E-state index contributed by atoms with van der Waals surface area (Å²) in [6.45, 7) is 7.15. The average Bonchev–Trinajstić information content (AvgIpc) is 2.81. The van der Waals surface area contributed by atoms with Gasteiger partial charge in [0.1, 0.15) is 5.75 Å². The van der Waals surface area contributed by atoms with Crippen LogP contribution in [0.3, 0.4) is 0 Å². The van der Waals surface area contributed by atoms with Gasteiger partial charge in [0.05, 0.1) is 45.1 Å². The first kappa shape index (κ1) is 20.5. The van der Waals surface area contributed by atoms with Crippen LogP contribution < -0.4 is 4.74 Å². The van der Waals surface area contributed by atoms with E-state index in [0.717, 1.165) is 6.54 Å². The van der Waals surface area contributed by atoms with Crippen LogP contribution in [0.25, 0.3) is 0 Å². The lowest BCUT2D eigenvalue weighted by Crippen LogP contribution is -2.82. The molecule has 168 valence electrons. The summed E-state index contributed by atoms with van der Waals surface area (Å²) in [5.41, 5.74) is 0.420. The lowest BCUT2D eigenvalue weighted by molar-refractivity contribution is -0.150. The largest absolute Gasteiger partial charge is 0.497 e. The highest BCUT2D eigenvalue weighted by Gasteiger charge is 2.56. The van der Waals surface area contributed by atoms with E-state index in [2.05, 4.69) is 4.90 Å². The summed E-state index contributed by atoms with van der Waals surface area (Å²) >= 11 is 0. The second-order valence-corrected chi connectivity index (χ2v) is 8.80. The predicted octanol–water partition coefficient (Wildman–Crippen LogP) is 0.358. The Morgan fingerprint density at radius 3 is 2.52 bits per heavy atom. The summed E-state index contributed by atoms with van der Waals surface area (Å²) < 4.78 is 16.4. The van der Waals surface area contributed by atoms with Gasteiger partial charge in [0.15, 0.2) is 0 Å². The van der Waals surface area contributed by atoms with Crippen LogP contribution >= 0.6 is 0 Å².